The van der Waals surface area contributed by atoms with Gasteiger partial charge in [-0.15, -0.1) is 45.5 Å². The summed E-state index contributed by atoms with van der Waals surface area (Å²) in [5.41, 5.74) is 0.0927. The van der Waals surface area contributed by atoms with Crippen LogP contribution in [0.5, 0.6) is 0 Å². The van der Waals surface area contributed by atoms with Crippen molar-refractivity contribution in [1.29, 1.82) is 0 Å². The predicted molar refractivity (Wildman–Crippen MR) is 127 cm³/mol. The molecule has 2 aromatic rings. The van der Waals surface area contributed by atoms with Gasteiger partial charge in [0.1, 0.15) is 12.4 Å². The van der Waals surface area contributed by atoms with Gasteiger partial charge in [0.05, 0.1) is 12.1 Å². The van der Waals surface area contributed by atoms with Gasteiger partial charge in [0.2, 0.25) is 0 Å². The molecule has 4 rings (SSSR count). The van der Waals surface area contributed by atoms with E-state index in [1.165, 1.54) is 30.6 Å². The van der Waals surface area contributed by atoms with Crippen molar-refractivity contribution in [3.05, 3.63) is 34.0 Å². The monoisotopic (exact) mass is 530 g/mol. The molecule has 9 heteroatoms. The van der Waals surface area contributed by atoms with Crippen LogP contribution in [-0.2, 0) is 24.9 Å². The van der Waals surface area contributed by atoms with Crippen LogP contribution in [-0.4, -0.2) is 39.0 Å². The van der Waals surface area contributed by atoms with Gasteiger partial charge in [-0.3, -0.25) is 0 Å². The van der Waals surface area contributed by atoms with E-state index in [-0.39, 0.29) is 29.6 Å². The second kappa shape index (κ2) is 10.2. The number of nitrogens with zero attached hydrogens (tertiary/aromatic N) is 4. The molecule has 1 saturated carbocycles. The van der Waals surface area contributed by atoms with Gasteiger partial charge in [0, 0.05) is 24.6 Å². The van der Waals surface area contributed by atoms with E-state index in [4.69, 9.17) is 9.73 Å². The number of hydrogen-bond donors (Lipinski definition) is 2. The highest BCUT2D eigenvalue weighted by Gasteiger charge is 2.40. The zero-order valence-electron chi connectivity index (χ0n) is 17.2. The van der Waals surface area contributed by atoms with Gasteiger partial charge in [-0.25, -0.2) is 4.99 Å². The SMILES string of the molecule is Cc1nnc(CN=C(NCc2cccs2)NC2CCOC3(CCCC3)C2)n1C.I. The van der Waals surface area contributed by atoms with Crippen molar-refractivity contribution in [3.8, 4) is 0 Å². The zero-order valence-corrected chi connectivity index (χ0v) is 20.3. The summed E-state index contributed by atoms with van der Waals surface area (Å²) in [5, 5.41) is 17.6. The number of thiophene rings is 1. The molecule has 160 valence electrons. The zero-order chi connectivity index (χ0) is 19.4. The van der Waals surface area contributed by atoms with Gasteiger partial charge in [0.25, 0.3) is 0 Å². The summed E-state index contributed by atoms with van der Waals surface area (Å²) in [7, 11) is 1.98. The first-order chi connectivity index (χ1) is 13.6. The summed E-state index contributed by atoms with van der Waals surface area (Å²) in [6, 6.07) is 4.61. The Morgan fingerprint density at radius 1 is 1.38 bits per heavy atom. The number of guanidine groups is 1. The molecule has 0 bridgehead atoms. The maximum atomic E-state index is 6.18. The minimum Gasteiger partial charge on any atom is -0.375 e. The van der Waals surface area contributed by atoms with Crippen molar-refractivity contribution in [2.75, 3.05) is 6.61 Å². The summed E-state index contributed by atoms with van der Waals surface area (Å²) >= 11 is 1.75. The largest absolute Gasteiger partial charge is 0.375 e. The number of nitrogens with one attached hydrogen (secondary N) is 2. The Hall–Kier alpha value is -1.20. The Morgan fingerprint density at radius 3 is 2.90 bits per heavy atom. The lowest BCUT2D eigenvalue weighted by Gasteiger charge is -2.39. The van der Waals surface area contributed by atoms with Gasteiger partial charge in [-0.2, -0.15) is 0 Å². The predicted octanol–water partition coefficient (Wildman–Crippen LogP) is 3.53. The standard InChI is InChI=1S/C20H30N6OS.HI/c1-15-24-25-18(26(15)2)14-22-19(21-13-17-6-5-11-28-17)23-16-7-10-27-20(12-16)8-3-4-9-20;/h5-6,11,16H,3-4,7-10,12-14H2,1-2H3,(H2,21,22,23);1H. The molecule has 1 aliphatic carbocycles. The fraction of sp³-hybridized carbons (Fsp3) is 0.650. The van der Waals surface area contributed by atoms with Crippen LogP contribution >= 0.6 is 35.3 Å². The Kier molecular flexibility index (Phi) is 7.92. The van der Waals surface area contributed by atoms with Crippen LogP contribution < -0.4 is 10.6 Å². The van der Waals surface area contributed by atoms with Crippen molar-refractivity contribution in [1.82, 2.24) is 25.4 Å². The third-order valence-corrected chi connectivity index (χ3v) is 6.80. The lowest BCUT2D eigenvalue weighted by Crippen LogP contribution is -2.50. The average Bonchev–Trinajstić information content (AvgIpc) is 3.43. The normalized spacial score (nSPS) is 21.2. The van der Waals surface area contributed by atoms with Crippen LogP contribution in [0.4, 0.5) is 0 Å². The van der Waals surface area contributed by atoms with Gasteiger partial charge in [0.15, 0.2) is 11.8 Å². The first-order valence-electron chi connectivity index (χ1n) is 10.2. The van der Waals surface area contributed by atoms with E-state index < -0.39 is 0 Å². The van der Waals surface area contributed by atoms with E-state index in [9.17, 15) is 0 Å². The molecule has 0 aromatic carbocycles. The molecule has 7 nitrogen and oxygen atoms in total. The maximum Gasteiger partial charge on any atom is 0.192 e. The van der Waals surface area contributed by atoms with Crippen molar-refractivity contribution < 1.29 is 4.74 Å². The van der Waals surface area contributed by atoms with Gasteiger partial charge >= 0.3 is 0 Å². The molecule has 1 saturated heterocycles. The molecule has 1 aliphatic heterocycles. The number of rotatable bonds is 5. The summed E-state index contributed by atoms with van der Waals surface area (Å²) in [4.78, 5) is 6.11. The van der Waals surface area contributed by atoms with Crippen LogP contribution in [0, 0.1) is 6.92 Å². The fourth-order valence-corrected chi connectivity index (χ4v) is 4.83. The molecular formula is C20H31IN6OS. The van der Waals surface area contributed by atoms with E-state index >= 15 is 0 Å². The molecule has 0 radical (unpaired) electrons. The molecule has 2 aliphatic rings. The van der Waals surface area contributed by atoms with Gasteiger partial charge in [-0.05, 0) is 44.1 Å². The van der Waals surface area contributed by atoms with Crippen molar-refractivity contribution in [2.24, 2.45) is 12.0 Å². The van der Waals surface area contributed by atoms with Gasteiger partial charge < -0.3 is 19.9 Å². The quantitative estimate of drug-likeness (QED) is 0.352. The minimum absolute atomic E-state index is 0. The topological polar surface area (TPSA) is 76.4 Å². The van der Waals surface area contributed by atoms with Crippen LogP contribution in [0.1, 0.15) is 55.1 Å². The second-order valence-electron chi connectivity index (χ2n) is 7.89. The van der Waals surface area contributed by atoms with Crippen LogP contribution in [0.15, 0.2) is 22.5 Å². The third-order valence-electron chi connectivity index (χ3n) is 5.92. The maximum absolute atomic E-state index is 6.18. The molecule has 1 atom stereocenters. The van der Waals surface area contributed by atoms with Crippen LogP contribution in [0.25, 0.3) is 0 Å². The van der Waals surface area contributed by atoms with Crippen LogP contribution in [0.3, 0.4) is 0 Å². The average molecular weight is 530 g/mol. The number of hydrogen-bond acceptors (Lipinski definition) is 5. The first-order valence-corrected chi connectivity index (χ1v) is 11.1. The lowest BCUT2D eigenvalue weighted by atomic mass is 9.89. The summed E-state index contributed by atoms with van der Waals surface area (Å²) in [5.74, 6) is 2.61. The number of aliphatic imine (C=N–C) groups is 1. The second-order valence-corrected chi connectivity index (χ2v) is 8.93. The highest BCUT2D eigenvalue weighted by molar-refractivity contribution is 14.0. The molecule has 1 unspecified atom stereocenters. The molecule has 2 aromatic heterocycles. The molecular weight excluding hydrogens is 499 g/mol. The number of halogens is 1. The highest BCUT2D eigenvalue weighted by Crippen LogP contribution is 2.39. The van der Waals surface area contributed by atoms with Crippen molar-refractivity contribution in [3.63, 3.8) is 0 Å². The number of aromatic nitrogens is 3. The van der Waals surface area contributed by atoms with E-state index in [0.717, 1.165) is 43.6 Å². The Morgan fingerprint density at radius 2 is 2.21 bits per heavy atom. The first kappa shape index (κ1) is 22.5. The smallest absolute Gasteiger partial charge is 0.192 e. The Labute approximate surface area is 193 Å². The number of aryl methyl sites for hydroxylation is 1. The molecule has 2 N–H and O–H groups in total. The summed E-state index contributed by atoms with van der Waals surface area (Å²) in [6.07, 6.45) is 7.04. The Balaban J connectivity index is 0.00000240. The lowest BCUT2D eigenvalue weighted by molar-refractivity contribution is -0.0815. The molecule has 1 spiro atoms. The van der Waals surface area contributed by atoms with E-state index in [1.807, 2.05) is 18.5 Å². The third kappa shape index (κ3) is 5.69. The molecule has 2 fully saturated rings. The van der Waals surface area contributed by atoms with E-state index in [2.05, 4.69) is 38.3 Å². The van der Waals surface area contributed by atoms with Crippen molar-refractivity contribution >= 4 is 41.3 Å². The van der Waals surface area contributed by atoms with Crippen LogP contribution in [0.2, 0.25) is 0 Å². The molecule has 3 heterocycles. The number of ether oxygens (including phenoxy) is 1. The fourth-order valence-electron chi connectivity index (χ4n) is 4.19. The summed E-state index contributed by atoms with van der Waals surface area (Å²) < 4.78 is 8.17. The Bertz CT molecular complexity index is 800. The van der Waals surface area contributed by atoms with Gasteiger partial charge in [-0.1, -0.05) is 18.9 Å². The molecule has 29 heavy (non-hydrogen) atoms. The highest BCUT2D eigenvalue weighted by atomic mass is 127. The van der Waals surface area contributed by atoms with E-state index in [0.29, 0.717) is 12.6 Å². The summed E-state index contributed by atoms with van der Waals surface area (Å²) in [6.45, 7) is 4.07. The van der Waals surface area contributed by atoms with Crippen molar-refractivity contribution in [2.45, 2.75) is 70.2 Å². The minimum atomic E-state index is 0. The molecule has 0 amide bonds. The van der Waals surface area contributed by atoms with E-state index in [1.54, 1.807) is 11.3 Å².